The minimum absolute atomic E-state index is 0.0169. The van der Waals surface area contributed by atoms with Crippen LogP contribution in [0.25, 0.3) is 10.9 Å². The molecule has 12 heteroatoms. The van der Waals surface area contributed by atoms with E-state index in [4.69, 9.17) is 9.47 Å². The van der Waals surface area contributed by atoms with Gasteiger partial charge in [0.05, 0.1) is 24.0 Å². The number of likely N-dealkylation sites (N-methyl/N-ethyl adjacent to an activating group) is 1. The Morgan fingerprint density at radius 1 is 1.12 bits per heavy atom. The highest BCUT2D eigenvalue weighted by molar-refractivity contribution is 6.03. The van der Waals surface area contributed by atoms with E-state index < -0.39 is 5.82 Å². The summed E-state index contributed by atoms with van der Waals surface area (Å²) in [5.74, 6) is 0.191. The summed E-state index contributed by atoms with van der Waals surface area (Å²) in [4.78, 5) is 35.6. The number of ether oxygens (including phenoxy) is 2. The molecule has 0 atom stereocenters. The summed E-state index contributed by atoms with van der Waals surface area (Å²) in [7, 11) is 5.31. The van der Waals surface area contributed by atoms with Crippen molar-refractivity contribution in [1.82, 2.24) is 24.6 Å². The van der Waals surface area contributed by atoms with Gasteiger partial charge >= 0.3 is 0 Å². The van der Waals surface area contributed by atoms with Crippen LogP contribution in [-0.2, 0) is 4.79 Å². The van der Waals surface area contributed by atoms with E-state index >= 15 is 4.39 Å². The molecule has 0 bridgehead atoms. The van der Waals surface area contributed by atoms with Gasteiger partial charge in [-0.25, -0.2) is 19.0 Å². The highest BCUT2D eigenvalue weighted by Crippen LogP contribution is 2.34. The Bertz CT molecular complexity index is 1630. The second-order valence-corrected chi connectivity index (χ2v) is 10.2. The standard InChI is InChI=1S/C30H32FN7O4/c1-37(2)13-6-9-27(39)34-25-16-21-24(17-26(25)41-3)32-18-33-29(21)35-23-11-10-20(15-22(23)31)42-28-12-14-38(36-28)30(40)19-7-4-5-8-19/h6,9-12,14-19H,4-5,7-8,13H2,1-3H3,(H,34,39)(H,32,33,35)/b9-6+. The summed E-state index contributed by atoms with van der Waals surface area (Å²) in [6.07, 6.45) is 9.94. The number of nitrogens with zero attached hydrogens (tertiary/aromatic N) is 5. The summed E-state index contributed by atoms with van der Waals surface area (Å²) in [5, 5.41) is 10.6. The molecule has 1 fully saturated rings. The first-order valence-corrected chi connectivity index (χ1v) is 13.6. The number of halogens is 1. The number of amides is 1. The minimum atomic E-state index is -0.589. The molecule has 0 spiro atoms. The maximum Gasteiger partial charge on any atom is 0.250 e. The Balaban J connectivity index is 1.32. The Kier molecular flexibility index (Phi) is 8.72. The first kappa shape index (κ1) is 28.7. The van der Waals surface area contributed by atoms with E-state index in [1.54, 1.807) is 36.5 Å². The zero-order chi connectivity index (χ0) is 29.6. The molecule has 11 nitrogen and oxygen atoms in total. The number of carbonyl (C=O) groups is 2. The lowest BCUT2D eigenvalue weighted by Gasteiger charge is -2.14. The molecule has 2 aromatic carbocycles. The highest BCUT2D eigenvalue weighted by Gasteiger charge is 2.25. The van der Waals surface area contributed by atoms with E-state index in [2.05, 4.69) is 25.7 Å². The maximum atomic E-state index is 15.2. The molecule has 1 saturated carbocycles. The zero-order valence-corrected chi connectivity index (χ0v) is 23.6. The van der Waals surface area contributed by atoms with Gasteiger partial charge < -0.3 is 25.0 Å². The van der Waals surface area contributed by atoms with Gasteiger partial charge in [0.15, 0.2) is 0 Å². The van der Waals surface area contributed by atoms with Crippen LogP contribution in [0, 0.1) is 11.7 Å². The minimum Gasteiger partial charge on any atom is -0.494 e. The second kappa shape index (κ2) is 12.8. The molecule has 0 radical (unpaired) electrons. The Labute approximate surface area is 242 Å². The van der Waals surface area contributed by atoms with Crippen LogP contribution < -0.4 is 20.1 Å². The predicted molar refractivity (Wildman–Crippen MR) is 157 cm³/mol. The summed E-state index contributed by atoms with van der Waals surface area (Å²) in [6, 6.07) is 9.24. The third-order valence-corrected chi connectivity index (χ3v) is 6.87. The highest BCUT2D eigenvalue weighted by atomic mass is 19.1. The number of methoxy groups -OCH3 is 1. The monoisotopic (exact) mass is 573 g/mol. The largest absolute Gasteiger partial charge is 0.494 e. The number of benzene rings is 2. The molecule has 2 aromatic heterocycles. The van der Waals surface area contributed by atoms with Crippen molar-refractivity contribution in [1.29, 1.82) is 0 Å². The smallest absolute Gasteiger partial charge is 0.250 e. The number of fused-ring (bicyclic) bond motifs is 1. The lowest BCUT2D eigenvalue weighted by molar-refractivity contribution is -0.111. The van der Waals surface area contributed by atoms with Crippen LogP contribution in [-0.4, -0.2) is 64.2 Å². The third kappa shape index (κ3) is 6.72. The van der Waals surface area contributed by atoms with Crippen molar-refractivity contribution in [3.05, 3.63) is 66.9 Å². The van der Waals surface area contributed by atoms with Gasteiger partial charge in [-0.15, -0.1) is 5.10 Å². The molecule has 1 aliphatic rings. The van der Waals surface area contributed by atoms with E-state index in [9.17, 15) is 9.59 Å². The molecule has 1 aliphatic carbocycles. The zero-order valence-electron chi connectivity index (χ0n) is 23.6. The first-order chi connectivity index (χ1) is 20.3. The van der Waals surface area contributed by atoms with Crippen molar-refractivity contribution < 1.29 is 23.5 Å². The average molecular weight is 574 g/mol. The van der Waals surface area contributed by atoms with Gasteiger partial charge in [-0.3, -0.25) is 9.59 Å². The van der Waals surface area contributed by atoms with Crippen LogP contribution in [0.3, 0.4) is 0 Å². The van der Waals surface area contributed by atoms with Crippen LogP contribution in [0.4, 0.5) is 21.6 Å². The van der Waals surface area contributed by atoms with Gasteiger partial charge in [0, 0.05) is 48.3 Å². The van der Waals surface area contributed by atoms with Gasteiger partial charge in [0.1, 0.15) is 29.5 Å². The molecule has 0 saturated heterocycles. The Morgan fingerprint density at radius 3 is 2.67 bits per heavy atom. The molecule has 1 amide bonds. The lowest BCUT2D eigenvalue weighted by atomic mass is 10.1. The van der Waals surface area contributed by atoms with Crippen molar-refractivity contribution in [3.63, 3.8) is 0 Å². The fourth-order valence-electron chi connectivity index (χ4n) is 4.75. The van der Waals surface area contributed by atoms with Gasteiger partial charge in [-0.1, -0.05) is 18.9 Å². The number of aromatic nitrogens is 4. The van der Waals surface area contributed by atoms with Gasteiger partial charge in [-0.05, 0) is 45.1 Å². The molecular formula is C30H32FN7O4. The number of hydrogen-bond donors (Lipinski definition) is 2. The van der Waals surface area contributed by atoms with Gasteiger partial charge in [0.2, 0.25) is 17.7 Å². The molecule has 218 valence electrons. The van der Waals surface area contributed by atoms with Crippen molar-refractivity contribution >= 4 is 39.9 Å². The average Bonchev–Trinajstić information content (AvgIpc) is 3.67. The predicted octanol–water partition coefficient (Wildman–Crippen LogP) is 5.40. The topological polar surface area (TPSA) is 124 Å². The van der Waals surface area contributed by atoms with Crippen LogP contribution in [0.5, 0.6) is 17.4 Å². The first-order valence-electron chi connectivity index (χ1n) is 13.6. The SMILES string of the molecule is COc1cc2ncnc(Nc3ccc(Oc4ccn(C(=O)C5CCCC5)n4)cc3F)c2cc1NC(=O)/C=C/CN(C)C. The van der Waals surface area contributed by atoms with E-state index in [0.29, 0.717) is 34.7 Å². The number of hydrogen-bond acceptors (Lipinski definition) is 9. The number of rotatable bonds is 10. The van der Waals surface area contributed by atoms with E-state index in [-0.39, 0.29) is 35.0 Å². The van der Waals surface area contributed by atoms with Crippen LogP contribution in [0.15, 0.2) is 61.1 Å². The fourth-order valence-corrected chi connectivity index (χ4v) is 4.75. The van der Waals surface area contributed by atoms with E-state index in [0.717, 1.165) is 25.7 Å². The molecule has 2 N–H and O–H groups in total. The normalized spacial score (nSPS) is 13.6. The van der Waals surface area contributed by atoms with Gasteiger partial charge in [-0.2, -0.15) is 0 Å². The van der Waals surface area contributed by atoms with Crippen molar-refractivity contribution in [2.45, 2.75) is 25.7 Å². The second-order valence-electron chi connectivity index (χ2n) is 10.2. The maximum absolute atomic E-state index is 15.2. The van der Waals surface area contributed by atoms with Crippen molar-refractivity contribution in [2.75, 3.05) is 38.4 Å². The van der Waals surface area contributed by atoms with E-state index in [1.807, 2.05) is 19.0 Å². The molecular weight excluding hydrogens is 541 g/mol. The number of carbonyl (C=O) groups excluding carboxylic acids is 2. The van der Waals surface area contributed by atoms with Gasteiger partial charge in [0.25, 0.3) is 0 Å². The summed E-state index contributed by atoms with van der Waals surface area (Å²) >= 11 is 0. The molecule has 0 aliphatic heterocycles. The molecule has 5 rings (SSSR count). The van der Waals surface area contributed by atoms with Crippen LogP contribution >= 0.6 is 0 Å². The summed E-state index contributed by atoms with van der Waals surface area (Å²) in [6.45, 7) is 0.614. The summed E-state index contributed by atoms with van der Waals surface area (Å²) < 4.78 is 27.6. The Hall–Kier alpha value is -4.84. The number of nitrogens with one attached hydrogen (secondary N) is 2. The number of anilines is 3. The van der Waals surface area contributed by atoms with E-state index in [1.165, 1.54) is 36.3 Å². The fraction of sp³-hybridized carbons (Fsp3) is 0.300. The molecule has 2 heterocycles. The van der Waals surface area contributed by atoms with Crippen molar-refractivity contribution in [3.8, 4) is 17.4 Å². The van der Waals surface area contributed by atoms with Crippen LogP contribution in [0.1, 0.15) is 30.5 Å². The summed E-state index contributed by atoms with van der Waals surface area (Å²) in [5.41, 5.74) is 1.10. The third-order valence-electron chi connectivity index (χ3n) is 6.87. The lowest BCUT2D eigenvalue weighted by Crippen LogP contribution is -2.19. The molecule has 42 heavy (non-hydrogen) atoms. The van der Waals surface area contributed by atoms with Crippen molar-refractivity contribution in [2.24, 2.45) is 5.92 Å². The quantitative estimate of drug-likeness (QED) is 0.240. The molecule has 0 unspecified atom stereocenters. The molecule has 4 aromatic rings. The van der Waals surface area contributed by atoms with Crippen LogP contribution in [0.2, 0.25) is 0 Å². The Morgan fingerprint density at radius 2 is 1.93 bits per heavy atom.